The highest BCUT2D eigenvalue weighted by Gasteiger charge is 2.21. The molecule has 0 unspecified atom stereocenters. The lowest BCUT2D eigenvalue weighted by Crippen LogP contribution is -2.10. The molecule has 2 aliphatic heterocycles. The first-order chi connectivity index (χ1) is 47.1. The molecule has 8 bridgehead atoms. The van der Waals surface area contributed by atoms with Crippen LogP contribution in [-0.2, 0) is 19.2 Å². The van der Waals surface area contributed by atoms with Crippen LogP contribution in [0, 0.1) is 0 Å². The molecule has 3 aromatic heterocycles. The topological polar surface area (TPSA) is 174 Å². The van der Waals surface area contributed by atoms with Gasteiger partial charge in [-0.15, -0.1) is 0 Å². The summed E-state index contributed by atoms with van der Waals surface area (Å²) in [6.45, 7) is 8.92. The fraction of sp³-hybridized carbons (Fsp3) is 0.429. The second-order valence-corrected chi connectivity index (χ2v) is 26.5. The molecule has 506 valence electrons. The van der Waals surface area contributed by atoms with Gasteiger partial charge in [0.1, 0.15) is 0 Å². The van der Waals surface area contributed by atoms with Crippen LogP contribution in [0.5, 0.6) is 0 Å². The van der Waals surface area contributed by atoms with Crippen LogP contribution in [0.25, 0.3) is 90.9 Å². The average molecular weight is 1290 g/mol. The van der Waals surface area contributed by atoms with E-state index in [-0.39, 0.29) is 23.6 Å². The van der Waals surface area contributed by atoms with Gasteiger partial charge in [-0.1, -0.05) is 230 Å². The average Bonchev–Trinajstić information content (AvgIpc) is 1.61. The maximum atomic E-state index is 13.3. The normalized spacial score (nSPS) is 11.7. The van der Waals surface area contributed by atoms with Gasteiger partial charge >= 0.3 is 0 Å². The minimum absolute atomic E-state index is 0.0166. The summed E-state index contributed by atoms with van der Waals surface area (Å²) in [5.74, 6) is 0.0664. The molecule has 0 radical (unpaired) electrons. The number of carbonyl (C=O) groups is 4. The first kappa shape index (κ1) is 71.6. The zero-order valence-electron chi connectivity index (χ0n) is 58.0. The molecular formula is C84H106N8O4. The van der Waals surface area contributed by atoms with Gasteiger partial charge in [0.05, 0.1) is 22.8 Å². The number of aromatic nitrogens is 4. The smallest absolute Gasteiger partial charge is 0.224 e. The van der Waals surface area contributed by atoms with Crippen LogP contribution in [0.3, 0.4) is 0 Å². The van der Waals surface area contributed by atoms with E-state index >= 15 is 0 Å². The second kappa shape index (κ2) is 38.8. The Balaban J connectivity index is 1.13. The first-order valence-electron chi connectivity index (χ1n) is 36.9. The summed E-state index contributed by atoms with van der Waals surface area (Å²) in [6.07, 6.45) is 42.3. The summed E-state index contributed by atoms with van der Waals surface area (Å²) in [5, 5.41) is 12.7. The molecule has 6 N–H and O–H groups in total. The van der Waals surface area contributed by atoms with Gasteiger partial charge in [0.15, 0.2) is 0 Å². The minimum Gasteiger partial charge on any atom is -0.354 e. The Hall–Kier alpha value is -8.64. The van der Waals surface area contributed by atoms with Crippen molar-refractivity contribution in [3.63, 3.8) is 0 Å². The molecule has 12 nitrogen and oxygen atoms in total. The number of carbonyl (C=O) groups excluding carboxylic acids is 4. The third-order valence-electron chi connectivity index (χ3n) is 18.6. The number of fused-ring (bicyclic) bond motifs is 8. The molecular weight excluding hydrogens is 1180 g/mol. The second-order valence-electron chi connectivity index (χ2n) is 26.5. The molecule has 96 heavy (non-hydrogen) atoms. The number of amides is 4. The number of nitrogens with zero attached hydrogens (tertiary/aromatic N) is 2. The maximum Gasteiger partial charge on any atom is 0.224 e. The highest BCUT2D eigenvalue weighted by molar-refractivity contribution is 6.01. The Morgan fingerprint density at radius 1 is 0.260 bits per heavy atom. The van der Waals surface area contributed by atoms with Crippen LogP contribution in [0.1, 0.15) is 256 Å². The standard InChI is InChI=1S/C84H106N8O4/c1-5-9-13-17-21-25-29-33-77(93)85-65-45-37-61(38-46-65)81-69-53-55-71(89-69)82(62-39-47-66(48-40-62)86-78(94)34-30-26-22-18-14-10-6-2)73-57-59-75(91-73)84(64-43-51-68(52-44-64)88-80(96)36-32-28-24-20-16-12-8-4)76-60-58-74(92-76)83(72-56-54-70(81)90-72)63-41-49-67(50-42-63)87-79(95)35-31-27-23-19-15-11-7-3/h37-60,89,92H,5-36H2,1-4H3,(H,85,93)(H,86,94)(H,87,95)(H,88,96). The molecule has 4 aromatic carbocycles. The van der Waals surface area contributed by atoms with Gasteiger partial charge in [-0.2, -0.15) is 0 Å². The van der Waals surface area contributed by atoms with Gasteiger partial charge in [0, 0.05) is 92.8 Å². The fourth-order valence-corrected chi connectivity index (χ4v) is 13.2. The Morgan fingerprint density at radius 2 is 0.448 bits per heavy atom. The molecule has 0 fully saturated rings. The lowest BCUT2D eigenvalue weighted by molar-refractivity contribution is -0.117. The number of benzene rings is 4. The highest BCUT2D eigenvalue weighted by atomic mass is 16.2. The van der Waals surface area contributed by atoms with Crippen molar-refractivity contribution < 1.29 is 19.2 Å². The molecule has 0 aliphatic carbocycles. The summed E-state index contributed by atoms with van der Waals surface area (Å²) in [7, 11) is 0. The van der Waals surface area contributed by atoms with E-state index in [4.69, 9.17) is 9.97 Å². The number of nitrogens with one attached hydrogen (secondary N) is 6. The van der Waals surface area contributed by atoms with Crippen LogP contribution in [0.4, 0.5) is 22.7 Å². The fourth-order valence-electron chi connectivity index (χ4n) is 13.2. The SMILES string of the molecule is CCCCCCCCCC(=O)Nc1ccc(-c2c3nc(c(-c4ccc(NC(=O)CCCCCCCCC)cc4)c4ccc([nH]4)c(-c4ccc(NC(=O)CCCCCCCCC)cc4)c4nc(c(-c5ccc(NC(=O)CCCCCCCCC)cc5)c5ccc2[nH]5)C=C4)C=C3)cc1. The van der Waals surface area contributed by atoms with E-state index in [9.17, 15) is 19.2 Å². The van der Waals surface area contributed by atoms with Crippen LogP contribution in [-0.4, -0.2) is 43.6 Å². The van der Waals surface area contributed by atoms with Crippen molar-refractivity contribution in [2.24, 2.45) is 0 Å². The lowest BCUT2D eigenvalue weighted by Gasteiger charge is -2.10. The monoisotopic (exact) mass is 1290 g/mol. The van der Waals surface area contributed by atoms with Crippen LogP contribution in [0.2, 0.25) is 0 Å². The van der Waals surface area contributed by atoms with Crippen molar-refractivity contribution in [2.75, 3.05) is 21.3 Å². The molecule has 0 saturated heterocycles. The van der Waals surface area contributed by atoms with Gasteiger partial charge in [-0.05, 0) is 145 Å². The number of hydrogen-bond acceptors (Lipinski definition) is 6. The molecule has 5 heterocycles. The van der Waals surface area contributed by atoms with Gasteiger partial charge in [-0.3, -0.25) is 19.2 Å². The molecule has 0 spiro atoms. The van der Waals surface area contributed by atoms with Crippen molar-refractivity contribution in [1.29, 1.82) is 0 Å². The summed E-state index contributed by atoms with van der Waals surface area (Å²) in [4.78, 5) is 72.0. The predicted molar refractivity (Wildman–Crippen MR) is 406 cm³/mol. The molecule has 12 heteroatoms. The molecule has 0 saturated carbocycles. The van der Waals surface area contributed by atoms with Crippen molar-refractivity contribution in [3.05, 3.63) is 144 Å². The number of unbranched alkanes of at least 4 members (excludes halogenated alkanes) is 24. The van der Waals surface area contributed by atoms with E-state index in [1.54, 1.807) is 0 Å². The van der Waals surface area contributed by atoms with E-state index in [0.29, 0.717) is 25.7 Å². The molecule has 4 amide bonds. The highest BCUT2D eigenvalue weighted by Crippen LogP contribution is 2.40. The van der Waals surface area contributed by atoms with Gasteiger partial charge in [-0.25, -0.2) is 9.97 Å². The summed E-state index contributed by atoms with van der Waals surface area (Å²) in [5.41, 5.74) is 16.3. The Labute approximate surface area is 571 Å². The number of H-pyrrole nitrogens is 2. The summed E-state index contributed by atoms with van der Waals surface area (Å²) >= 11 is 0. The number of rotatable bonds is 40. The Kier molecular flexibility index (Phi) is 29.0. The molecule has 2 aliphatic rings. The number of anilines is 4. The van der Waals surface area contributed by atoms with Crippen LogP contribution in [0.15, 0.2) is 121 Å². The molecule has 9 rings (SSSR count). The van der Waals surface area contributed by atoms with Crippen molar-refractivity contribution in [2.45, 2.75) is 233 Å². The molecule has 0 atom stereocenters. The van der Waals surface area contributed by atoms with Gasteiger partial charge < -0.3 is 31.2 Å². The zero-order chi connectivity index (χ0) is 67.1. The van der Waals surface area contributed by atoms with Crippen LogP contribution >= 0.6 is 0 Å². The van der Waals surface area contributed by atoms with E-state index < -0.39 is 0 Å². The lowest BCUT2D eigenvalue weighted by atomic mass is 10.0. The third-order valence-corrected chi connectivity index (χ3v) is 18.6. The van der Waals surface area contributed by atoms with Gasteiger partial charge in [0.2, 0.25) is 23.6 Å². The number of hydrogen-bond donors (Lipinski definition) is 6. The van der Waals surface area contributed by atoms with Crippen molar-refractivity contribution >= 4 is 92.7 Å². The van der Waals surface area contributed by atoms with E-state index in [2.05, 4.69) is 156 Å². The third kappa shape index (κ3) is 21.7. The van der Waals surface area contributed by atoms with Crippen molar-refractivity contribution in [1.82, 2.24) is 19.9 Å². The largest absolute Gasteiger partial charge is 0.354 e. The van der Waals surface area contributed by atoms with Crippen molar-refractivity contribution in [3.8, 4) is 44.5 Å². The Bertz CT molecular complexity index is 3360. The van der Waals surface area contributed by atoms with E-state index in [1.165, 1.54) is 103 Å². The van der Waals surface area contributed by atoms with E-state index in [1.807, 2.05) is 48.5 Å². The van der Waals surface area contributed by atoms with E-state index in [0.717, 1.165) is 189 Å². The quantitative estimate of drug-likeness (QED) is 0.0209. The zero-order valence-corrected chi connectivity index (χ0v) is 58.0. The predicted octanol–water partition coefficient (Wildman–Crippen LogP) is 23.6. The van der Waals surface area contributed by atoms with Crippen LogP contribution < -0.4 is 21.3 Å². The molecule has 7 aromatic rings. The summed E-state index contributed by atoms with van der Waals surface area (Å²) in [6, 6.07) is 40.7. The Morgan fingerprint density at radius 3 is 0.646 bits per heavy atom. The van der Waals surface area contributed by atoms with Gasteiger partial charge in [0.25, 0.3) is 0 Å². The minimum atomic E-state index is 0.0166. The number of aromatic amines is 2. The summed E-state index contributed by atoms with van der Waals surface area (Å²) < 4.78 is 0. The maximum absolute atomic E-state index is 13.3. The first-order valence-corrected chi connectivity index (χ1v) is 36.9.